The van der Waals surface area contributed by atoms with Gasteiger partial charge in [0.1, 0.15) is 5.69 Å². The number of morpholine rings is 1. The monoisotopic (exact) mass is 613 g/mol. The maximum Gasteiger partial charge on any atom is 0.281 e. The molecule has 3 N–H and O–H groups in total. The molecule has 3 aliphatic heterocycles. The van der Waals surface area contributed by atoms with E-state index in [0.29, 0.717) is 77.0 Å². The molecule has 44 heavy (non-hydrogen) atoms. The van der Waals surface area contributed by atoms with E-state index in [-0.39, 0.29) is 48.2 Å². The molecule has 3 amide bonds. The molecule has 17 heteroatoms. The highest BCUT2D eigenvalue weighted by molar-refractivity contribution is 5.97. The molecule has 0 radical (unpaired) electrons. The minimum absolute atomic E-state index is 0.0154. The molecular weight excluding hydrogens is 580 g/mol. The predicted octanol–water partition coefficient (Wildman–Crippen LogP) is -0.205. The number of nitrogens with one attached hydrogen (secondary N) is 1. The molecule has 15 nitrogen and oxygen atoms in total. The van der Waals surface area contributed by atoms with Crippen LogP contribution in [-0.2, 0) is 19.1 Å². The third-order valence-corrected chi connectivity index (χ3v) is 7.43. The van der Waals surface area contributed by atoms with Gasteiger partial charge in [0, 0.05) is 57.6 Å². The van der Waals surface area contributed by atoms with Crippen molar-refractivity contribution < 1.29 is 27.9 Å². The number of anilines is 3. The van der Waals surface area contributed by atoms with Crippen molar-refractivity contribution in [3.63, 3.8) is 0 Å². The summed E-state index contributed by atoms with van der Waals surface area (Å²) < 4.78 is 33.2. The number of carbonyl (C=O) groups excluding carboxylic acids is 3. The third-order valence-electron chi connectivity index (χ3n) is 7.43. The Hall–Kier alpha value is -4.80. The van der Waals surface area contributed by atoms with Crippen LogP contribution in [-0.4, -0.2) is 125 Å². The standard InChI is InChI=1S/C27H33F2N11O4/c1-2-19(41)40-5-3-4-17(16-40)24(43)31-15-20(42)37-6-8-38(9-7-37)26-34-23(18-14-32-25(30)33-21(18)22(28)29)35-27(36-26)39-10-12-44-13-11-39/h2,4,14,22H,1,3,5-13,15-16H2,(H,31,43)(H2,30,32,33). The molecule has 0 aliphatic carbocycles. The van der Waals surface area contributed by atoms with Gasteiger partial charge in [-0.1, -0.05) is 12.7 Å². The number of alkyl halides is 2. The van der Waals surface area contributed by atoms with Crippen molar-refractivity contribution in [1.29, 1.82) is 0 Å². The summed E-state index contributed by atoms with van der Waals surface area (Å²) in [6.45, 7) is 7.24. The highest BCUT2D eigenvalue weighted by atomic mass is 19.3. The molecule has 0 atom stereocenters. The number of halogens is 2. The van der Waals surface area contributed by atoms with Gasteiger partial charge < -0.3 is 35.4 Å². The Bertz CT molecular complexity index is 1440. The van der Waals surface area contributed by atoms with Crippen LogP contribution in [0.15, 0.2) is 30.5 Å². The molecule has 0 unspecified atom stereocenters. The topological polar surface area (TPSA) is 176 Å². The van der Waals surface area contributed by atoms with E-state index in [4.69, 9.17) is 10.5 Å². The zero-order valence-corrected chi connectivity index (χ0v) is 24.0. The molecule has 0 bridgehead atoms. The average Bonchev–Trinajstić information content (AvgIpc) is 3.06. The van der Waals surface area contributed by atoms with E-state index in [2.05, 4.69) is 36.8 Å². The number of carbonyl (C=O) groups is 3. The fourth-order valence-electron chi connectivity index (χ4n) is 5.03. The lowest BCUT2D eigenvalue weighted by Crippen LogP contribution is -2.52. The number of nitrogens with two attached hydrogens (primary N) is 1. The summed E-state index contributed by atoms with van der Waals surface area (Å²) in [6.07, 6.45) is 1.76. The Morgan fingerprint density at radius 1 is 0.977 bits per heavy atom. The number of aromatic nitrogens is 5. The maximum atomic E-state index is 13.9. The van der Waals surface area contributed by atoms with Gasteiger partial charge in [-0.3, -0.25) is 14.4 Å². The second-order valence-electron chi connectivity index (χ2n) is 10.2. The van der Waals surface area contributed by atoms with Crippen LogP contribution in [0.1, 0.15) is 18.5 Å². The maximum absolute atomic E-state index is 13.9. The van der Waals surface area contributed by atoms with Crippen molar-refractivity contribution in [2.45, 2.75) is 12.8 Å². The molecule has 2 aromatic heterocycles. The van der Waals surface area contributed by atoms with Gasteiger partial charge in [0.25, 0.3) is 6.43 Å². The Balaban J connectivity index is 1.25. The first kappa shape index (κ1) is 30.7. The average molecular weight is 614 g/mol. The van der Waals surface area contributed by atoms with Gasteiger partial charge in [0.15, 0.2) is 5.82 Å². The van der Waals surface area contributed by atoms with Gasteiger partial charge in [-0.25, -0.2) is 18.7 Å². The Labute approximate surface area is 251 Å². The van der Waals surface area contributed by atoms with E-state index in [1.807, 2.05) is 9.80 Å². The first-order chi connectivity index (χ1) is 21.2. The molecule has 5 heterocycles. The third kappa shape index (κ3) is 7.04. The molecular formula is C27H33F2N11O4. The number of rotatable bonds is 8. The largest absolute Gasteiger partial charge is 0.378 e. The zero-order valence-electron chi connectivity index (χ0n) is 24.0. The fraction of sp³-hybridized carbons (Fsp3) is 0.481. The van der Waals surface area contributed by atoms with E-state index in [9.17, 15) is 23.2 Å². The van der Waals surface area contributed by atoms with Crippen molar-refractivity contribution in [1.82, 2.24) is 40.0 Å². The van der Waals surface area contributed by atoms with Gasteiger partial charge in [-0.15, -0.1) is 0 Å². The summed E-state index contributed by atoms with van der Waals surface area (Å²) >= 11 is 0. The summed E-state index contributed by atoms with van der Waals surface area (Å²) in [5.74, 6) is -0.659. The fourth-order valence-corrected chi connectivity index (χ4v) is 5.03. The number of nitrogens with zero attached hydrogens (tertiary/aromatic N) is 9. The van der Waals surface area contributed by atoms with Gasteiger partial charge in [-0.2, -0.15) is 15.0 Å². The molecule has 2 fully saturated rings. The minimum atomic E-state index is -2.93. The van der Waals surface area contributed by atoms with Gasteiger partial charge in [0.05, 0.1) is 31.9 Å². The summed E-state index contributed by atoms with van der Waals surface area (Å²) in [5, 5.41) is 2.65. The highest BCUT2D eigenvalue weighted by Crippen LogP contribution is 2.30. The van der Waals surface area contributed by atoms with E-state index in [1.54, 1.807) is 11.0 Å². The summed E-state index contributed by atoms with van der Waals surface area (Å²) in [5.41, 5.74) is 5.35. The second kappa shape index (κ2) is 13.7. The number of ether oxygens (including phenoxy) is 1. The van der Waals surface area contributed by atoms with Crippen molar-refractivity contribution in [3.05, 3.63) is 36.2 Å². The number of hydrogen-bond donors (Lipinski definition) is 2. The molecule has 0 aromatic carbocycles. The van der Waals surface area contributed by atoms with Crippen LogP contribution < -0.4 is 20.9 Å². The molecule has 2 saturated heterocycles. The minimum Gasteiger partial charge on any atom is -0.378 e. The van der Waals surface area contributed by atoms with Crippen molar-refractivity contribution in [3.8, 4) is 11.4 Å². The van der Waals surface area contributed by atoms with Crippen LogP contribution in [0.3, 0.4) is 0 Å². The Morgan fingerprint density at radius 2 is 1.66 bits per heavy atom. The van der Waals surface area contributed by atoms with Crippen LogP contribution in [0.2, 0.25) is 0 Å². The molecule has 5 rings (SSSR count). The normalized spacial score (nSPS) is 17.4. The zero-order chi connectivity index (χ0) is 31.2. The molecule has 2 aromatic rings. The number of amides is 3. The second-order valence-corrected chi connectivity index (χ2v) is 10.2. The lowest BCUT2D eigenvalue weighted by molar-refractivity contribution is -0.132. The first-order valence-electron chi connectivity index (χ1n) is 14.1. The Kier molecular flexibility index (Phi) is 9.52. The van der Waals surface area contributed by atoms with Crippen molar-refractivity contribution >= 4 is 35.6 Å². The first-order valence-corrected chi connectivity index (χ1v) is 14.1. The van der Waals surface area contributed by atoms with Crippen molar-refractivity contribution in [2.24, 2.45) is 0 Å². The van der Waals surface area contributed by atoms with Crippen LogP contribution in [0, 0.1) is 0 Å². The van der Waals surface area contributed by atoms with Crippen molar-refractivity contribution in [2.75, 3.05) is 87.7 Å². The van der Waals surface area contributed by atoms with Crippen LogP contribution in [0.4, 0.5) is 26.6 Å². The van der Waals surface area contributed by atoms with Crippen LogP contribution in [0.25, 0.3) is 11.4 Å². The molecule has 3 aliphatic rings. The van der Waals surface area contributed by atoms with Crippen LogP contribution in [0.5, 0.6) is 0 Å². The van der Waals surface area contributed by atoms with E-state index in [0.717, 1.165) is 0 Å². The lowest BCUT2D eigenvalue weighted by atomic mass is 10.1. The quantitative estimate of drug-likeness (QED) is 0.376. The van der Waals surface area contributed by atoms with Gasteiger partial charge in [-0.05, 0) is 12.5 Å². The Morgan fingerprint density at radius 3 is 2.32 bits per heavy atom. The van der Waals surface area contributed by atoms with Gasteiger partial charge >= 0.3 is 0 Å². The summed E-state index contributed by atoms with van der Waals surface area (Å²) in [7, 11) is 0. The van der Waals surface area contributed by atoms with Gasteiger partial charge in [0.2, 0.25) is 35.6 Å². The number of nitrogen functional groups attached to an aromatic ring is 1. The molecule has 0 saturated carbocycles. The number of piperazine rings is 1. The summed E-state index contributed by atoms with van der Waals surface area (Å²) in [6, 6.07) is 0. The lowest BCUT2D eigenvalue weighted by Gasteiger charge is -2.35. The summed E-state index contributed by atoms with van der Waals surface area (Å²) in [4.78, 5) is 65.5. The van der Waals surface area contributed by atoms with E-state index >= 15 is 0 Å². The van der Waals surface area contributed by atoms with E-state index < -0.39 is 18.0 Å². The van der Waals surface area contributed by atoms with Crippen LogP contribution >= 0.6 is 0 Å². The highest BCUT2D eigenvalue weighted by Gasteiger charge is 2.28. The SMILES string of the molecule is C=CC(=O)N1CCC=C(C(=O)NCC(=O)N2CCN(c3nc(-c4cnc(N)nc4C(F)F)nc(N4CCOCC4)n3)CC2)C1. The predicted molar refractivity (Wildman–Crippen MR) is 155 cm³/mol. The smallest absolute Gasteiger partial charge is 0.281 e. The number of hydrogen-bond acceptors (Lipinski definition) is 12. The van der Waals surface area contributed by atoms with E-state index in [1.165, 1.54) is 17.2 Å². The molecule has 234 valence electrons. The molecule has 0 spiro atoms.